The highest BCUT2D eigenvalue weighted by Gasteiger charge is 2.45. The molecule has 1 aliphatic heterocycles. The number of hydrogen-bond acceptors (Lipinski definition) is 5. The van der Waals surface area contributed by atoms with Crippen molar-refractivity contribution in [3.05, 3.63) is 81.1 Å². The van der Waals surface area contributed by atoms with Crippen molar-refractivity contribution < 1.29 is 27.8 Å². The monoisotopic (exact) mass is 620 g/mol. The van der Waals surface area contributed by atoms with E-state index < -0.39 is 29.8 Å². The van der Waals surface area contributed by atoms with E-state index in [0.29, 0.717) is 32.4 Å². The van der Waals surface area contributed by atoms with Crippen molar-refractivity contribution in [2.75, 3.05) is 0 Å². The average molecular weight is 622 g/mol. The van der Waals surface area contributed by atoms with Crippen LogP contribution in [0.15, 0.2) is 60.7 Å². The molecule has 0 aliphatic carbocycles. The summed E-state index contributed by atoms with van der Waals surface area (Å²) in [5.74, 6) is -1.40. The molecule has 2 aromatic heterocycles. The predicted octanol–water partition coefficient (Wildman–Crippen LogP) is 8.40. The van der Waals surface area contributed by atoms with Gasteiger partial charge in [0.1, 0.15) is 5.60 Å². The number of aryl methyl sites for hydroxylation is 1. The number of nitrogens with zero attached hydrogens (tertiary/aromatic N) is 1. The molecule has 2 atom stereocenters. The third-order valence-corrected chi connectivity index (χ3v) is 8.35. The summed E-state index contributed by atoms with van der Waals surface area (Å²) in [6.45, 7) is 5.52. The van der Waals surface area contributed by atoms with E-state index in [4.69, 9.17) is 32.9 Å². The maximum Gasteiger partial charge on any atom is 0.423 e. The van der Waals surface area contributed by atoms with E-state index in [1.807, 2.05) is 37.3 Å². The summed E-state index contributed by atoms with van der Waals surface area (Å²) in [6.07, 6.45) is -8.12. The zero-order valence-corrected chi connectivity index (χ0v) is 24.5. The number of pyridine rings is 1. The molecule has 2 N–H and O–H groups in total. The normalized spacial score (nSPS) is 17.0. The van der Waals surface area contributed by atoms with Crippen molar-refractivity contribution in [3.63, 3.8) is 0 Å². The van der Waals surface area contributed by atoms with Crippen LogP contribution >= 0.6 is 34.5 Å². The van der Waals surface area contributed by atoms with E-state index in [9.17, 15) is 23.1 Å². The van der Waals surface area contributed by atoms with Crippen LogP contribution in [-0.2, 0) is 4.79 Å². The number of rotatable bonds is 5. The van der Waals surface area contributed by atoms with E-state index in [1.54, 1.807) is 55.5 Å². The first kappa shape index (κ1) is 29.4. The summed E-state index contributed by atoms with van der Waals surface area (Å²) < 4.78 is 45.4. The highest BCUT2D eigenvalue weighted by atomic mass is 35.5. The number of nitrogens with one attached hydrogen (secondary N) is 1. The molecule has 11 heteroatoms. The van der Waals surface area contributed by atoms with Crippen LogP contribution < -0.4 is 10.1 Å². The van der Waals surface area contributed by atoms with Gasteiger partial charge in [0.15, 0.2) is 0 Å². The van der Waals surface area contributed by atoms with Gasteiger partial charge < -0.3 is 15.2 Å². The number of alkyl halides is 3. The number of benzene rings is 2. The van der Waals surface area contributed by atoms with Gasteiger partial charge in [0, 0.05) is 37.9 Å². The molecule has 0 radical (unpaired) electrons. The molecule has 5 nitrogen and oxygen atoms in total. The highest BCUT2D eigenvalue weighted by molar-refractivity contribution is 7.15. The molecule has 0 fully saturated rings. The van der Waals surface area contributed by atoms with Crippen molar-refractivity contribution in [3.8, 4) is 38.7 Å². The minimum Gasteiger partial charge on any atom is -0.471 e. The summed E-state index contributed by atoms with van der Waals surface area (Å²) >= 11 is 14.6. The first-order valence-corrected chi connectivity index (χ1v) is 14.2. The number of aliphatic hydroxyl groups is 1. The molecule has 2 aromatic carbocycles. The minimum atomic E-state index is -5.10. The van der Waals surface area contributed by atoms with Crippen molar-refractivity contribution in [2.45, 2.75) is 51.1 Å². The highest BCUT2D eigenvalue weighted by Crippen LogP contribution is 2.45. The number of carbonyl (C=O) groups excluding carboxylic acids is 1. The summed E-state index contributed by atoms with van der Waals surface area (Å²) in [4.78, 5) is 19.4. The number of thiophene rings is 1. The van der Waals surface area contributed by atoms with Gasteiger partial charge in [-0.3, -0.25) is 4.79 Å². The van der Waals surface area contributed by atoms with Gasteiger partial charge in [-0.1, -0.05) is 47.5 Å². The Kier molecular flexibility index (Phi) is 7.84. The maximum absolute atomic E-state index is 13.1. The molecule has 4 aromatic rings. The molecule has 1 aliphatic rings. The minimum absolute atomic E-state index is 0.146. The van der Waals surface area contributed by atoms with E-state index in [-0.39, 0.29) is 12.3 Å². The Hall–Kier alpha value is -3.11. The first-order chi connectivity index (χ1) is 19.2. The maximum atomic E-state index is 13.1. The molecule has 0 saturated heterocycles. The Labute approximate surface area is 248 Å². The van der Waals surface area contributed by atoms with E-state index >= 15 is 0 Å². The smallest absolute Gasteiger partial charge is 0.423 e. The number of aliphatic hydroxyl groups excluding tert-OH is 1. The zero-order valence-electron chi connectivity index (χ0n) is 22.1. The fourth-order valence-electron chi connectivity index (χ4n) is 4.78. The van der Waals surface area contributed by atoms with Gasteiger partial charge in [-0.2, -0.15) is 13.2 Å². The lowest BCUT2D eigenvalue weighted by Crippen LogP contribution is -2.48. The molecule has 5 rings (SSSR count). The van der Waals surface area contributed by atoms with Crippen LogP contribution in [0.4, 0.5) is 13.2 Å². The zero-order chi connectivity index (χ0) is 29.7. The number of halogens is 5. The fourth-order valence-corrected chi connectivity index (χ4v) is 6.04. The lowest BCUT2D eigenvalue weighted by Gasteiger charge is -2.38. The van der Waals surface area contributed by atoms with Gasteiger partial charge in [-0.25, -0.2) is 4.98 Å². The topological polar surface area (TPSA) is 71.5 Å². The van der Waals surface area contributed by atoms with Gasteiger partial charge in [-0.15, -0.1) is 11.3 Å². The SMILES string of the molecule is Cc1ccc(-c2ccc(-c3nc4c(cc3-c3ccc(Cl)cc3)[C@H](NC(=O)[C@H](O)C(F)(F)F)CC(C)(C)O4)c(Cl)c2)s1. The third kappa shape index (κ3) is 6.23. The molecule has 0 spiro atoms. The van der Waals surface area contributed by atoms with Gasteiger partial charge >= 0.3 is 6.18 Å². The second kappa shape index (κ2) is 10.9. The molecular weight excluding hydrogens is 596 g/mol. The molecule has 41 heavy (non-hydrogen) atoms. The predicted molar refractivity (Wildman–Crippen MR) is 155 cm³/mol. The quantitative estimate of drug-likeness (QED) is 0.235. The van der Waals surface area contributed by atoms with Crippen LogP contribution in [0.1, 0.15) is 36.8 Å². The Bertz CT molecular complexity index is 1620. The first-order valence-electron chi connectivity index (χ1n) is 12.6. The lowest BCUT2D eigenvalue weighted by molar-refractivity contribution is -0.205. The van der Waals surface area contributed by atoms with Crippen molar-refractivity contribution in [1.82, 2.24) is 10.3 Å². The lowest BCUT2D eigenvalue weighted by atomic mass is 9.88. The van der Waals surface area contributed by atoms with Gasteiger partial charge in [0.05, 0.1) is 16.8 Å². The molecule has 0 saturated carbocycles. The van der Waals surface area contributed by atoms with Crippen LogP contribution in [-0.4, -0.2) is 33.9 Å². The molecular formula is C30H25Cl2F3N2O3S. The number of hydrogen-bond donors (Lipinski definition) is 2. The van der Waals surface area contributed by atoms with Gasteiger partial charge in [0.25, 0.3) is 5.91 Å². The second-order valence-corrected chi connectivity index (χ2v) is 12.6. The summed E-state index contributed by atoms with van der Waals surface area (Å²) in [6, 6.07) is 17.6. The summed E-state index contributed by atoms with van der Waals surface area (Å²) in [7, 11) is 0. The van der Waals surface area contributed by atoms with Crippen molar-refractivity contribution in [1.29, 1.82) is 0 Å². The molecule has 3 heterocycles. The third-order valence-electron chi connectivity index (χ3n) is 6.74. The van der Waals surface area contributed by atoms with Crippen LogP contribution in [0.2, 0.25) is 10.0 Å². The summed E-state index contributed by atoms with van der Waals surface area (Å²) in [5.41, 5.74) is 2.89. The molecule has 214 valence electrons. The molecule has 0 unspecified atom stereocenters. The standard InChI is InChI=1S/C30H25Cl2F3N2O3S/c1-15-4-11-24(41-15)17-7-10-19(22(32)12-17)25-20(16-5-8-18(31)9-6-16)13-21-23(14-29(2,3)40-28(21)37-25)36-27(39)26(38)30(33,34)35/h4-13,23,26,38H,14H2,1-3H3,(H,36,39)/t23-,26+/m1/s1. The van der Waals surface area contributed by atoms with Gasteiger partial charge in [0.2, 0.25) is 12.0 Å². The number of fused-ring (bicyclic) bond motifs is 1. The number of ether oxygens (including phenoxy) is 1. The Morgan fingerprint density at radius 1 is 1.07 bits per heavy atom. The van der Waals surface area contributed by atoms with Crippen LogP contribution in [0.5, 0.6) is 5.88 Å². The Morgan fingerprint density at radius 2 is 1.76 bits per heavy atom. The summed E-state index contributed by atoms with van der Waals surface area (Å²) in [5, 5.41) is 12.9. The fraction of sp³-hybridized carbons (Fsp3) is 0.267. The average Bonchev–Trinajstić information content (AvgIpc) is 3.33. The Balaban J connectivity index is 1.65. The number of aromatic nitrogens is 1. The van der Waals surface area contributed by atoms with E-state index in [2.05, 4.69) is 5.32 Å². The van der Waals surface area contributed by atoms with Crippen LogP contribution in [0.25, 0.3) is 32.8 Å². The molecule has 1 amide bonds. The van der Waals surface area contributed by atoms with Crippen LogP contribution in [0.3, 0.4) is 0 Å². The van der Waals surface area contributed by atoms with E-state index in [0.717, 1.165) is 16.0 Å². The molecule has 0 bridgehead atoms. The second-order valence-electron chi connectivity index (χ2n) is 10.5. The van der Waals surface area contributed by atoms with E-state index in [1.165, 1.54) is 4.88 Å². The largest absolute Gasteiger partial charge is 0.471 e. The van der Waals surface area contributed by atoms with Crippen molar-refractivity contribution >= 4 is 40.4 Å². The van der Waals surface area contributed by atoms with Crippen molar-refractivity contribution in [2.24, 2.45) is 0 Å². The Morgan fingerprint density at radius 3 is 2.37 bits per heavy atom. The number of carbonyl (C=O) groups is 1. The number of amides is 1. The van der Waals surface area contributed by atoms with Gasteiger partial charge in [-0.05, 0) is 68.3 Å². The van der Waals surface area contributed by atoms with Crippen LogP contribution in [0, 0.1) is 6.92 Å².